The molecule has 0 saturated carbocycles. The van der Waals surface area contributed by atoms with E-state index in [1.165, 1.54) is 17.0 Å². The molecule has 1 aromatic rings. The first-order chi connectivity index (χ1) is 8.90. The molecule has 1 atom stereocenters. The number of amides is 1. The van der Waals surface area contributed by atoms with E-state index in [0.717, 1.165) is 5.56 Å². The van der Waals surface area contributed by atoms with E-state index in [1.54, 1.807) is 19.2 Å². The van der Waals surface area contributed by atoms with Gasteiger partial charge in [-0.3, -0.25) is 9.59 Å². The highest BCUT2D eigenvalue weighted by Crippen LogP contribution is 2.20. The predicted molar refractivity (Wildman–Crippen MR) is 69.3 cm³/mol. The largest absolute Gasteiger partial charge is 0.481 e. The van der Waals surface area contributed by atoms with Crippen molar-refractivity contribution in [3.63, 3.8) is 0 Å². The maximum atomic E-state index is 13.1. The Bertz CT molecular complexity index is 462. The molecule has 0 aliphatic carbocycles. The summed E-state index contributed by atoms with van der Waals surface area (Å²) in [6, 6.07) is 6.16. The van der Waals surface area contributed by atoms with Crippen molar-refractivity contribution in [3.05, 3.63) is 35.6 Å². The molecule has 0 bridgehead atoms. The van der Waals surface area contributed by atoms with Gasteiger partial charge >= 0.3 is 5.97 Å². The van der Waals surface area contributed by atoms with Crippen molar-refractivity contribution in [3.8, 4) is 0 Å². The zero-order valence-electron chi connectivity index (χ0n) is 11.1. The van der Waals surface area contributed by atoms with E-state index in [1.807, 2.05) is 6.92 Å². The lowest BCUT2D eigenvalue weighted by Crippen LogP contribution is -2.29. The normalized spacial score (nSPS) is 11.9. The Balaban J connectivity index is 2.54. The van der Waals surface area contributed by atoms with Crippen LogP contribution >= 0.6 is 0 Å². The van der Waals surface area contributed by atoms with Crippen molar-refractivity contribution >= 4 is 11.9 Å². The number of benzene rings is 1. The second-order valence-corrected chi connectivity index (χ2v) is 4.62. The third kappa shape index (κ3) is 5.07. The highest BCUT2D eigenvalue weighted by atomic mass is 19.1. The zero-order chi connectivity index (χ0) is 14.4. The van der Waals surface area contributed by atoms with E-state index in [2.05, 4.69) is 0 Å². The third-order valence-corrected chi connectivity index (χ3v) is 2.99. The molecule has 1 amide bonds. The van der Waals surface area contributed by atoms with Crippen LogP contribution in [0, 0.1) is 5.82 Å². The van der Waals surface area contributed by atoms with Crippen molar-refractivity contribution in [2.45, 2.75) is 25.7 Å². The molecule has 19 heavy (non-hydrogen) atoms. The number of rotatable bonds is 6. The highest BCUT2D eigenvalue weighted by molar-refractivity contribution is 5.77. The summed E-state index contributed by atoms with van der Waals surface area (Å²) in [7, 11) is 1.57. The van der Waals surface area contributed by atoms with Gasteiger partial charge in [-0.1, -0.05) is 19.1 Å². The van der Waals surface area contributed by atoms with Gasteiger partial charge in [0.05, 0.1) is 6.42 Å². The number of halogens is 1. The Morgan fingerprint density at radius 3 is 2.68 bits per heavy atom. The van der Waals surface area contributed by atoms with Crippen molar-refractivity contribution < 1.29 is 19.1 Å². The van der Waals surface area contributed by atoms with E-state index in [0.29, 0.717) is 0 Å². The third-order valence-electron chi connectivity index (χ3n) is 2.99. The molecule has 104 valence electrons. The number of carboxylic acids is 1. The summed E-state index contributed by atoms with van der Waals surface area (Å²) >= 11 is 0. The molecule has 0 aliphatic rings. The van der Waals surface area contributed by atoms with Crippen molar-refractivity contribution in [2.75, 3.05) is 13.6 Å². The Kier molecular flexibility index (Phi) is 5.48. The first kappa shape index (κ1) is 15.1. The fraction of sp³-hybridized carbons (Fsp3) is 0.429. The van der Waals surface area contributed by atoms with Gasteiger partial charge in [-0.2, -0.15) is 0 Å². The maximum absolute atomic E-state index is 13.1. The smallest absolute Gasteiger partial charge is 0.305 e. The molecule has 5 heteroatoms. The first-order valence-electron chi connectivity index (χ1n) is 6.11. The Morgan fingerprint density at radius 2 is 2.11 bits per heavy atom. The van der Waals surface area contributed by atoms with Gasteiger partial charge < -0.3 is 10.0 Å². The first-order valence-corrected chi connectivity index (χ1v) is 6.11. The standard InChI is InChI=1S/C14H18FNO3/c1-10(11-4-3-5-12(15)9-11)8-13(17)16(2)7-6-14(18)19/h3-5,9-10H,6-8H2,1-2H3,(H,18,19). The van der Waals surface area contributed by atoms with Crippen LogP contribution < -0.4 is 0 Å². The van der Waals surface area contributed by atoms with E-state index < -0.39 is 5.97 Å². The zero-order valence-corrected chi connectivity index (χ0v) is 11.1. The summed E-state index contributed by atoms with van der Waals surface area (Å²) in [5.74, 6) is -1.50. The molecule has 0 spiro atoms. The summed E-state index contributed by atoms with van der Waals surface area (Å²) in [6.45, 7) is 2.03. The minimum absolute atomic E-state index is 0.0728. The number of aliphatic carboxylic acids is 1. The Hall–Kier alpha value is -1.91. The van der Waals surface area contributed by atoms with Crippen LogP contribution in [0.25, 0.3) is 0 Å². The molecule has 1 aromatic carbocycles. The summed E-state index contributed by atoms with van der Waals surface area (Å²) in [5, 5.41) is 8.55. The molecule has 1 unspecified atom stereocenters. The fourth-order valence-corrected chi connectivity index (χ4v) is 1.74. The number of nitrogens with zero attached hydrogens (tertiary/aromatic N) is 1. The molecule has 0 fully saturated rings. The molecular weight excluding hydrogens is 249 g/mol. The summed E-state index contributed by atoms with van der Waals surface area (Å²) in [4.78, 5) is 23.7. The van der Waals surface area contributed by atoms with Crippen molar-refractivity contribution in [2.24, 2.45) is 0 Å². The Labute approximate surface area is 111 Å². The fourth-order valence-electron chi connectivity index (χ4n) is 1.74. The SMILES string of the molecule is CC(CC(=O)N(C)CCC(=O)O)c1cccc(F)c1. The van der Waals surface area contributed by atoms with Crippen LogP contribution in [0.3, 0.4) is 0 Å². The van der Waals surface area contributed by atoms with Gasteiger partial charge in [0, 0.05) is 20.0 Å². The van der Waals surface area contributed by atoms with Crippen LogP contribution in [0.1, 0.15) is 31.2 Å². The van der Waals surface area contributed by atoms with Gasteiger partial charge in [-0.25, -0.2) is 4.39 Å². The van der Waals surface area contributed by atoms with Crippen molar-refractivity contribution in [1.82, 2.24) is 4.90 Å². The summed E-state index contributed by atoms with van der Waals surface area (Å²) in [6.07, 6.45) is 0.163. The molecule has 0 heterocycles. The lowest BCUT2D eigenvalue weighted by atomic mass is 9.97. The van der Waals surface area contributed by atoms with Crippen LogP contribution in [-0.2, 0) is 9.59 Å². The van der Waals surface area contributed by atoms with Gasteiger partial charge in [0.25, 0.3) is 0 Å². The average Bonchev–Trinajstić information content (AvgIpc) is 2.35. The predicted octanol–water partition coefficient (Wildman–Crippen LogP) is 2.25. The lowest BCUT2D eigenvalue weighted by Gasteiger charge is -2.19. The van der Waals surface area contributed by atoms with E-state index in [9.17, 15) is 14.0 Å². The summed E-state index contributed by atoms with van der Waals surface area (Å²) < 4.78 is 13.1. The van der Waals surface area contributed by atoms with Gasteiger partial charge in [0.15, 0.2) is 0 Å². The van der Waals surface area contributed by atoms with Gasteiger partial charge in [0.2, 0.25) is 5.91 Å². The van der Waals surface area contributed by atoms with E-state index >= 15 is 0 Å². The molecule has 0 aromatic heterocycles. The molecule has 1 N–H and O–H groups in total. The lowest BCUT2D eigenvalue weighted by molar-refractivity contribution is -0.138. The van der Waals surface area contributed by atoms with Crippen LogP contribution in [0.4, 0.5) is 4.39 Å². The number of hydrogen-bond donors (Lipinski definition) is 1. The minimum Gasteiger partial charge on any atom is -0.481 e. The molecular formula is C14H18FNO3. The van der Waals surface area contributed by atoms with Gasteiger partial charge in [-0.15, -0.1) is 0 Å². The molecule has 4 nitrogen and oxygen atoms in total. The van der Waals surface area contributed by atoms with E-state index in [4.69, 9.17) is 5.11 Å². The topological polar surface area (TPSA) is 57.6 Å². The van der Waals surface area contributed by atoms with Crippen LogP contribution in [0.15, 0.2) is 24.3 Å². The molecule has 0 radical (unpaired) electrons. The van der Waals surface area contributed by atoms with E-state index in [-0.39, 0.29) is 37.0 Å². The van der Waals surface area contributed by atoms with Crippen LogP contribution in [0.5, 0.6) is 0 Å². The highest BCUT2D eigenvalue weighted by Gasteiger charge is 2.15. The summed E-state index contributed by atoms with van der Waals surface area (Å²) in [5.41, 5.74) is 0.764. The average molecular weight is 267 g/mol. The maximum Gasteiger partial charge on any atom is 0.305 e. The molecule has 0 aliphatic heterocycles. The molecule has 0 saturated heterocycles. The second kappa shape index (κ2) is 6.87. The van der Waals surface area contributed by atoms with Crippen LogP contribution in [0.2, 0.25) is 0 Å². The van der Waals surface area contributed by atoms with Gasteiger partial charge in [-0.05, 0) is 23.6 Å². The van der Waals surface area contributed by atoms with Gasteiger partial charge in [0.1, 0.15) is 5.82 Å². The number of carbonyl (C=O) groups excluding carboxylic acids is 1. The van der Waals surface area contributed by atoms with Crippen LogP contribution in [-0.4, -0.2) is 35.5 Å². The second-order valence-electron chi connectivity index (χ2n) is 4.62. The monoisotopic (exact) mass is 267 g/mol. The molecule has 1 rings (SSSR count). The minimum atomic E-state index is -0.933. The van der Waals surface area contributed by atoms with Crippen molar-refractivity contribution in [1.29, 1.82) is 0 Å². The number of carboxylic acid groups (broad SMARTS) is 1. The number of hydrogen-bond acceptors (Lipinski definition) is 2. The quantitative estimate of drug-likeness (QED) is 0.860. The Morgan fingerprint density at radius 1 is 1.42 bits per heavy atom. The number of carbonyl (C=O) groups is 2.